The highest BCUT2D eigenvalue weighted by molar-refractivity contribution is 5.71. The molecule has 0 spiro atoms. The summed E-state index contributed by atoms with van der Waals surface area (Å²) < 4.78 is 10.3. The van der Waals surface area contributed by atoms with E-state index in [-0.39, 0.29) is 5.97 Å². The molecule has 0 aliphatic carbocycles. The van der Waals surface area contributed by atoms with Gasteiger partial charge in [0.15, 0.2) is 11.5 Å². The number of benzene rings is 1. The molecule has 0 heterocycles. The van der Waals surface area contributed by atoms with Crippen LogP contribution in [0.2, 0.25) is 0 Å². The Labute approximate surface area is 90.0 Å². The fourth-order valence-electron chi connectivity index (χ4n) is 1.45. The summed E-state index contributed by atoms with van der Waals surface area (Å²) >= 11 is 0. The Balaban J connectivity index is 3.08. The third-order valence-corrected chi connectivity index (χ3v) is 2.05. The third kappa shape index (κ3) is 2.98. The molecule has 0 unspecified atom stereocenters. The molecule has 1 aromatic carbocycles. The Morgan fingerprint density at radius 3 is 2.67 bits per heavy atom. The normalized spacial score (nSPS) is 9.80. The van der Waals surface area contributed by atoms with Gasteiger partial charge in [0.2, 0.25) is 0 Å². The summed E-state index contributed by atoms with van der Waals surface area (Å²) in [4.78, 5) is 11.0. The summed E-state index contributed by atoms with van der Waals surface area (Å²) in [7, 11) is 1.57. The predicted molar refractivity (Wildman–Crippen MR) is 58.3 cm³/mol. The van der Waals surface area contributed by atoms with Gasteiger partial charge in [0.25, 0.3) is 0 Å². The van der Waals surface area contributed by atoms with E-state index in [4.69, 9.17) is 9.47 Å². The van der Waals surface area contributed by atoms with E-state index >= 15 is 0 Å². The second-order valence-electron chi connectivity index (χ2n) is 3.29. The lowest BCUT2D eigenvalue weighted by atomic mass is 10.1. The van der Waals surface area contributed by atoms with Crippen molar-refractivity contribution in [3.8, 4) is 11.5 Å². The molecule has 0 aliphatic heterocycles. The first-order valence-electron chi connectivity index (χ1n) is 5.03. The first-order chi connectivity index (χ1) is 7.19. The van der Waals surface area contributed by atoms with E-state index in [9.17, 15) is 4.79 Å². The van der Waals surface area contributed by atoms with Crippen molar-refractivity contribution in [1.29, 1.82) is 0 Å². The lowest BCUT2D eigenvalue weighted by Crippen LogP contribution is -2.05. The van der Waals surface area contributed by atoms with E-state index in [1.807, 2.05) is 12.1 Å². The molecule has 0 aromatic heterocycles. The zero-order chi connectivity index (χ0) is 11.3. The van der Waals surface area contributed by atoms with Gasteiger partial charge in [0, 0.05) is 6.92 Å². The Kier molecular flexibility index (Phi) is 4.16. The van der Waals surface area contributed by atoms with Gasteiger partial charge >= 0.3 is 5.97 Å². The second-order valence-corrected chi connectivity index (χ2v) is 3.29. The fourth-order valence-corrected chi connectivity index (χ4v) is 1.45. The van der Waals surface area contributed by atoms with Crippen LogP contribution in [-0.2, 0) is 11.2 Å². The number of hydrogen-bond acceptors (Lipinski definition) is 3. The number of aryl methyl sites for hydroxylation is 1. The van der Waals surface area contributed by atoms with Crippen LogP contribution >= 0.6 is 0 Å². The van der Waals surface area contributed by atoms with Gasteiger partial charge in [-0.25, -0.2) is 0 Å². The number of methoxy groups -OCH3 is 1. The SMILES string of the molecule is CCCc1cccc(OC)c1OC(C)=O. The standard InChI is InChI=1S/C12H16O3/c1-4-6-10-7-5-8-11(14-3)12(10)15-9(2)13/h5,7-8H,4,6H2,1-3H3. The molecule has 3 heteroatoms. The molecule has 0 radical (unpaired) electrons. The van der Waals surface area contributed by atoms with Crippen LogP contribution in [0, 0.1) is 0 Å². The smallest absolute Gasteiger partial charge is 0.308 e. The number of para-hydroxylation sites is 1. The molecule has 0 aliphatic rings. The van der Waals surface area contributed by atoms with Gasteiger partial charge in [-0.2, -0.15) is 0 Å². The van der Waals surface area contributed by atoms with Crippen molar-refractivity contribution < 1.29 is 14.3 Å². The quantitative estimate of drug-likeness (QED) is 0.563. The van der Waals surface area contributed by atoms with Gasteiger partial charge in [-0.15, -0.1) is 0 Å². The van der Waals surface area contributed by atoms with Gasteiger partial charge in [-0.3, -0.25) is 4.79 Å². The van der Waals surface area contributed by atoms with Crippen LogP contribution in [0.15, 0.2) is 18.2 Å². The van der Waals surface area contributed by atoms with Gasteiger partial charge in [-0.05, 0) is 18.1 Å². The Morgan fingerprint density at radius 2 is 2.13 bits per heavy atom. The van der Waals surface area contributed by atoms with Crippen LogP contribution in [0.25, 0.3) is 0 Å². The maximum absolute atomic E-state index is 11.0. The molecule has 82 valence electrons. The molecule has 15 heavy (non-hydrogen) atoms. The summed E-state index contributed by atoms with van der Waals surface area (Å²) in [6.45, 7) is 3.47. The maximum atomic E-state index is 11.0. The van der Waals surface area contributed by atoms with Crippen LogP contribution in [0.3, 0.4) is 0 Å². The highest BCUT2D eigenvalue weighted by atomic mass is 16.6. The van der Waals surface area contributed by atoms with Gasteiger partial charge in [-0.1, -0.05) is 25.5 Å². The van der Waals surface area contributed by atoms with E-state index in [0.717, 1.165) is 18.4 Å². The molecule has 0 fully saturated rings. The molecule has 0 saturated carbocycles. The van der Waals surface area contributed by atoms with Crippen molar-refractivity contribution in [3.63, 3.8) is 0 Å². The van der Waals surface area contributed by atoms with E-state index in [2.05, 4.69) is 6.92 Å². The minimum Gasteiger partial charge on any atom is -0.493 e. The van der Waals surface area contributed by atoms with Crippen molar-refractivity contribution >= 4 is 5.97 Å². The highest BCUT2D eigenvalue weighted by Crippen LogP contribution is 2.31. The Hall–Kier alpha value is -1.51. The molecule has 1 rings (SSSR count). The topological polar surface area (TPSA) is 35.5 Å². The molecule has 0 saturated heterocycles. The van der Waals surface area contributed by atoms with E-state index < -0.39 is 0 Å². The van der Waals surface area contributed by atoms with Crippen molar-refractivity contribution in [2.45, 2.75) is 26.7 Å². The first-order valence-corrected chi connectivity index (χ1v) is 5.03. The van der Waals surface area contributed by atoms with Crippen molar-refractivity contribution in [3.05, 3.63) is 23.8 Å². The average molecular weight is 208 g/mol. The van der Waals surface area contributed by atoms with Crippen molar-refractivity contribution in [2.24, 2.45) is 0 Å². The highest BCUT2D eigenvalue weighted by Gasteiger charge is 2.11. The van der Waals surface area contributed by atoms with E-state index in [1.54, 1.807) is 13.2 Å². The molecule has 1 aromatic rings. The van der Waals surface area contributed by atoms with Crippen LogP contribution in [-0.4, -0.2) is 13.1 Å². The summed E-state index contributed by atoms with van der Waals surface area (Å²) in [5.74, 6) is 0.836. The lowest BCUT2D eigenvalue weighted by Gasteiger charge is -2.12. The minimum absolute atomic E-state index is 0.322. The van der Waals surface area contributed by atoms with Crippen LogP contribution in [0.1, 0.15) is 25.8 Å². The van der Waals surface area contributed by atoms with Crippen LogP contribution < -0.4 is 9.47 Å². The third-order valence-electron chi connectivity index (χ3n) is 2.05. The molecule has 3 nitrogen and oxygen atoms in total. The molecule has 0 N–H and O–H groups in total. The minimum atomic E-state index is -0.322. The predicted octanol–water partition coefficient (Wildman–Crippen LogP) is 2.57. The van der Waals surface area contributed by atoms with Crippen LogP contribution in [0.4, 0.5) is 0 Å². The van der Waals surface area contributed by atoms with E-state index in [0.29, 0.717) is 11.5 Å². The van der Waals surface area contributed by atoms with Gasteiger partial charge < -0.3 is 9.47 Å². The number of carbonyl (C=O) groups excluding carboxylic acids is 1. The molecule has 0 amide bonds. The maximum Gasteiger partial charge on any atom is 0.308 e. The molecule has 0 bridgehead atoms. The summed E-state index contributed by atoms with van der Waals surface area (Å²) in [5.41, 5.74) is 1.01. The number of carbonyl (C=O) groups is 1. The monoisotopic (exact) mass is 208 g/mol. The molecule has 0 atom stereocenters. The largest absolute Gasteiger partial charge is 0.493 e. The average Bonchev–Trinajstić information content (AvgIpc) is 2.20. The van der Waals surface area contributed by atoms with Crippen molar-refractivity contribution in [1.82, 2.24) is 0 Å². The second kappa shape index (κ2) is 5.39. The lowest BCUT2D eigenvalue weighted by molar-refractivity contribution is -0.132. The number of rotatable bonds is 4. The number of esters is 1. The van der Waals surface area contributed by atoms with Gasteiger partial charge in [0.1, 0.15) is 0 Å². The summed E-state index contributed by atoms with van der Waals surface area (Å²) in [6.07, 6.45) is 1.88. The van der Waals surface area contributed by atoms with Gasteiger partial charge in [0.05, 0.1) is 7.11 Å². The van der Waals surface area contributed by atoms with Crippen molar-refractivity contribution in [2.75, 3.05) is 7.11 Å². The summed E-state index contributed by atoms with van der Waals surface area (Å²) in [5, 5.41) is 0. The zero-order valence-corrected chi connectivity index (χ0v) is 9.37. The van der Waals surface area contributed by atoms with Crippen LogP contribution in [0.5, 0.6) is 11.5 Å². The first kappa shape index (κ1) is 11.6. The summed E-state index contributed by atoms with van der Waals surface area (Å²) in [6, 6.07) is 5.64. The fraction of sp³-hybridized carbons (Fsp3) is 0.417. The van der Waals surface area contributed by atoms with E-state index in [1.165, 1.54) is 6.92 Å². The number of hydrogen-bond donors (Lipinski definition) is 0. The Morgan fingerprint density at radius 1 is 1.40 bits per heavy atom. The zero-order valence-electron chi connectivity index (χ0n) is 9.37. The number of ether oxygens (including phenoxy) is 2. The molecular formula is C12H16O3. The molecular weight excluding hydrogens is 192 g/mol. The Bertz CT molecular complexity index is 345.